The zero-order valence-electron chi connectivity index (χ0n) is 8.07. The van der Waals surface area contributed by atoms with Gasteiger partial charge in [-0.25, -0.2) is 4.39 Å². The Morgan fingerprint density at radius 2 is 2.40 bits per heavy atom. The topological polar surface area (TPSA) is 77.9 Å². The monoisotopic (exact) mass is 208 g/mol. The summed E-state index contributed by atoms with van der Waals surface area (Å²) in [7, 11) is 0. The third-order valence-corrected chi connectivity index (χ3v) is 1.75. The van der Waals surface area contributed by atoms with Crippen molar-refractivity contribution in [2.75, 3.05) is 11.9 Å². The molecular formula is C9H9FN4O. The average Bonchev–Trinajstić information content (AvgIpc) is 2.20. The minimum Gasteiger partial charge on any atom is -0.326 e. The number of amides is 1. The van der Waals surface area contributed by atoms with Crippen molar-refractivity contribution in [3.8, 4) is 0 Å². The van der Waals surface area contributed by atoms with Gasteiger partial charge in [-0.05, 0) is 30.2 Å². The van der Waals surface area contributed by atoms with Gasteiger partial charge in [0.25, 0.3) is 0 Å². The summed E-state index contributed by atoms with van der Waals surface area (Å²) in [6.07, 6.45) is 0. The zero-order chi connectivity index (χ0) is 11.3. The Morgan fingerprint density at radius 1 is 1.67 bits per heavy atom. The summed E-state index contributed by atoms with van der Waals surface area (Å²) in [5, 5.41) is 5.54. The number of nitrogens with zero attached hydrogens (tertiary/aromatic N) is 3. The van der Waals surface area contributed by atoms with Gasteiger partial charge < -0.3 is 5.32 Å². The van der Waals surface area contributed by atoms with E-state index in [-0.39, 0.29) is 6.54 Å². The fourth-order valence-corrected chi connectivity index (χ4v) is 1.01. The number of halogens is 1. The van der Waals surface area contributed by atoms with Crippen LogP contribution in [0.2, 0.25) is 0 Å². The van der Waals surface area contributed by atoms with Crippen LogP contribution in [0, 0.1) is 12.7 Å². The molecular weight excluding hydrogens is 199 g/mol. The molecule has 0 aliphatic carbocycles. The largest absolute Gasteiger partial charge is 0.326 e. The summed E-state index contributed by atoms with van der Waals surface area (Å²) in [5.74, 6) is -0.902. The number of rotatable bonds is 3. The third kappa shape index (κ3) is 3.28. The first-order valence-electron chi connectivity index (χ1n) is 4.20. The number of anilines is 1. The Hall–Kier alpha value is -2.07. The molecule has 1 aromatic rings. The predicted octanol–water partition coefficient (Wildman–Crippen LogP) is 2.38. The molecule has 0 atom stereocenters. The number of carbonyl (C=O) groups is 1. The summed E-state index contributed by atoms with van der Waals surface area (Å²) in [4.78, 5) is 13.6. The summed E-state index contributed by atoms with van der Waals surface area (Å²) < 4.78 is 12.8. The summed E-state index contributed by atoms with van der Waals surface area (Å²) >= 11 is 0. The first-order chi connectivity index (χ1) is 7.13. The quantitative estimate of drug-likeness (QED) is 0.462. The van der Waals surface area contributed by atoms with E-state index in [1.807, 2.05) is 0 Å². The van der Waals surface area contributed by atoms with Gasteiger partial charge in [0.15, 0.2) is 0 Å². The number of hydrogen-bond acceptors (Lipinski definition) is 2. The highest BCUT2D eigenvalue weighted by molar-refractivity contribution is 5.93. The van der Waals surface area contributed by atoms with E-state index in [0.717, 1.165) is 5.56 Å². The van der Waals surface area contributed by atoms with Crippen molar-refractivity contribution < 1.29 is 9.18 Å². The van der Waals surface area contributed by atoms with Crippen LogP contribution < -0.4 is 5.32 Å². The first-order valence-corrected chi connectivity index (χ1v) is 4.20. The lowest BCUT2D eigenvalue weighted by Crippen LogP contribution is -2.15. The molecule has 0 aliphatic rings. The van der Waals surface area contributed by atoms with Gasteiger partial charge in [-0.3, -0.25) is 4.79 Å². The van der Waals surface area contributed by atoms with Crippen molar-refractivity contribution in [2.24, 2.45) is 5.11 Å². The van der Waals surface area contributed by atoms with Gasteiger partial charge >= 0.3 is 0 Å². The zero-order valence-corrected chi connectivity index (χ0v) is 8.07. The molecule has 5 nitrogen and oxygen atoms in total. The Morgan fingerprint density at radius 3 is 3.07 bits per heavy atom. The van der Waals surface area contributed by atoms with Gasteiger partial charge in [-0.2, -0.15) is 0 Å². The van der Waals surface area contributed by atoms with Crippen molar-refractivity contribution >= 4 is 11.6 Å². The molecule has 1 aromatic carbocycles. The second-order valence-corrected chi connectivity index (χ2v) is 2.90. The van der Waals surface area contributed by atoms with E-state index < -0.39 is 11.7 Å². The molecule has 1 amide bonds. The maximum absolute atomic E-state index is 12.8. The van der Waals surface area contributed by atoms with Crippen LogP contribution in [0.15, 0.2) is 23.3 Å². The number of carbonyl (C=O) groups excluding carboxylic acids is 1. The van der Waals surface area contributed by atoms with Crippen LogP contribution in [0.5, 0.6) is 0 Å². The molecule has 0 aliphatic heterocycles. The van der Waals surface area contributed by atoms with E-state index in [2.05, 4.69) is 15.3 Å². The standard InChI is InChI=1S/C9H9FN4O/c1-6-2-3-7(10)4-8(6)13-9(15)5-12-14-11/h2-4H,5H2,1H3,(H,13,15). The lowest BCUT2D eigenvalue weighted by molar-refractivity contribution is -0.114. The molecule has 0 aromatic heterocycles. The maximum atomic E-state index is 12.8. The van der Waals surface area contributed by atoms with Crippen LogP contribution in [0.4, 0.5) is 10.1 Å². The van der Waals surface area contributed by atoms with Crippen molar-refractivity contribution in [3.63, 3.8) is 0 Å². The molecule has 0 bridgehead atoms. The Labute approximate surface area is 85.5 Å². The predicted molar refractivity (Wildman–Crippen MR) is 53.8 cm³/mol. The molecule has 1 N–H and O–H groups in total. The molecule has 0 spiro atoms. The van der Waals surface area contributed by atoms with Crippen LogP contribution >= 0.6 is 0 Å². The van der Waals surface area contributed by atoms with Gasteiger partial charge in [0.05, 0.1) is 0 Å². The molecule has 0 unspecified atom stereocenters. The highest BCUT2D eigenvalue weighted by Gasteiger charge is 2.04. The number of nitrogens with one attached hydrogen (secondary N) is 1. The maximum Gasteiger partial charge on any atom is 0.230 e. The van der Waals surface area contributed by atoms with Crippen LogP contribution in [-0.4, -0.2) is 12.5 Å². The van der Waals surface area contributed by atoms with Crippen LogP contribution in [0.1, 0.15) is 5.56 Å². The smallest absolute Gasteiger partial charge is 0.230 e. The lowest BCUT2D eigenvalue weighted by Gasteiger charge is -2.06. The highest BCUT2D eigenvalue weighted by atomic mass is 19.1. The fraction of sp³-hybridized carbons (Fsp3) is 0.222. The second-order valence-electron chi connectivity index (χ2n) is 2.90. The van der Waals surface area contributed by atoms with Gasteiger partial charge in [-0.1, -0.05) is 11.2 Å². The van der Waals surface area contributed by atoms with Crippen molar-refractivity contribution in [3.05, 3.63) is 40.0 Å². The fourth-order valence-electron chi connectivity index (χ4n) is 1.01. The molecule has 78 valence electrons. The van der Waals surface area contributed by atoms with Crippen molar-refractivity contribution in [1.29, 1.82) is 0 Å². The van der Waals surface area contributed by atoms with Crippen LogP contribution in [0.25, 0.3) is 10.4 Å². The second kappa shape index (κ2) is 4.97. The third-order valence-electron chi connectivity index (χ3n) is 1.75. The van der Waals surface area contributed by atoms with Gasteiger partial charge in [0.1, 0.15) is 12.4 Å². The van der Waals surface area contributed by atoms with E-state index in [1.54, 1.807) is 13.0 Å². The van der Waals surface area contributed by atoms with Gasteiger partial charge in [0, 0.05) is 10.6 Å². The molecule has 1 rings (SSSR count). The van der Waals surface area contributed by atoms with Gasteiger partial charge in [0.2, 0.25) is 5.91 Å². The number of benzene rings is 1. The summed E-state index contributed by atoms with van der Waals surface area (Å²) in [5.41, 5.74) is 9.12. The summed E-state index contributed by atoms with van der Waals surface area (Å²) in [6, 6.07) is 4.07. The summed E-state index contributed by atoms with van der Waals surface area (Å²) in [6.45, 7) is 1.44. The van der Waals surface area contributed by atoms with Gasteiger partial charge in [-0.15, -0.1) is 0 Å². The average molecular weight is 208 g/mol. The van der Waals surface area contributed by atoms with E-state index in [1.165, 1.54) is 12.1 Å². The number of aryl methyl sites for hydroxylation is 1. The minimum absolute atomic E-state index is 0.299. The van der Waals surface area contributed by atoms with Crippen LogP contribution in [-0.2, 0) is 4.79 Å². The van der Waals surface area contributed by atoms with E-state index in [9.17, 15) is 9.18 Å². The highest BCUT2D eigenvalue weighted by Crippen LogP contribution is 2.15. The Bertz CT molecular complexity index is 426. The van der Waals surface area contributed by atoms with Crippen LogP contribution in [0.3, 0.4) is 0 Å². The Balaban J connectivity index is 2.75. The SMILES string of the molecule is Cc1ccc(F)cc1NC(=O)CN=[N+]=[N-]. The van der Waals surface area contributed by atoms with E-state index >= 15 is 0 Å². The van der Waals surface area contributed by atoms with Crippen molar-refractivity contribution in [2.45, 2.75) is 6.92 Å². The van der Waals surface area contributed by atoms with Crippen molar-refractivity contribution in [1.82, 2.24) is 0 Å². The Kier molecular flexibility index (Phi) is 3.65. The number of azide groups is 1. The number of hydrogen-bond donors (Lipinski definition) is 1. The molecule has 0 heterocycles. The molecule has 0 saturated heterocycles. The van der Waals surface area contributed by atoms with E-state index in [4.69, 9.17) is 5.53 Å². The van der Waals surface area contributed by atoms with E-state index in [0.29, 0.717) is 5.69 Å². The molecule has 15 heavy (non-hydrogen) atoms. The first kappa shape index (κ1) is 11.0. The molecule has 0 fully saturated rings. The molecule has 0 saturated carbocycles. The normalized spacial score (nSPS) is 9.20. The lowest BCUT2D eigenvalue weighted by atomic mass is 10.2. The molecule has 6 heteroatoms. The minimum atomic E-state index is -0.471. The molecule has 0 radical (unpaired) electrons.